The quantitative estimate of drug-likeness (QED) is 0.849. The molecule has 0 saturated carbocycles. The molecule has 1 aromatic rings. The van der Waals surface area contributed by atoms with Crippen molar-refractivity contribution < 1.29 is 4.74 Å². The van der Waals surface area contributed by atoms with Crippen molar-refractivity contribution in [1.29, 1.82) is 0 Å². The summed E-state index contributed by atoms with van der Waals surface area (Å²) in [7, 11) is 0. The molecule has 16 heavy (non-hydrogen) atoms. The first-order valence-corrected chi connectivity index (χ1v) is 5.95. The molecule has 1 aromatic carbocycles. The van der Waals surface area contributed by atoms with Crippen molar-refractivity contribution in [3.63, 3.8) is 0 Å². The summed E-state index contributed by atoms with van der Waals surface area (Å²) in [4.78, 5) is 0. The molecule has 2 N–H and O–H groups in total. The third-order valence-corrected chi connectivity index (χ3v) is 3.21. The van der Waals surface area contributed by atoms with Crippen LogP contribution in [0.3, 0.4) is 0 Å². The Kier molecular flexibility index (Phi) is 4.04. The molecule has 1 aliphatic heterocycles. The first-order valence-electron chi connectivity index (χ1n) is 5.57. The Bertz CT molecular complexity index is 351. The standard InChI is InChI=1S/C12H17ClN2O/c1-9-11(13)3-2-4-12(9)15-7-10-8-16-6-5-14-10/h2-4,10,14-15H,5-8H2,1H3. The maximum absolute atomic E-state index is 6.06. The zero-order chi connectivity index (χ0) is 11.4. The highest BCUT2D eigenvalue weighted by Crippen LogP contribution is 2.22. The van der Waals surface area contributed by atoms with E-state index in [1.165, 1.54) is 0 Å². The van der Waals surface area contributed by atoms with Gasteiger partial charge in [-0.1, -0.05) is 17.7 Å². The summed E-state index contributed by atoms with van der Waals surface area (Å²) in [6.45, 7) is 5.40. The van der Waals surface area contributed by atoms with Gasteiger partial charge in [0, 0.05) is 29.8 Å². The molecule has 0 aliphatic carbocycles. The second kappa shape index (κ2) is 5.53. The van der Waals surface area contributed by atoms with Crippen LogP contribution in [0.4, 0.5) is 5.69 Å². The Morgan fingerprint density at radius 3 is 3.19 bits per heavy atom. The summed E-state index contributed by atoms with van der Waals surface area (Å²) in [5.41, 5.74) is 2.20. The molecular weight excluding hydrogens is 224 g/mol. The van der Waals surface area contributed by atoms with Crippen molar-refractivity contribution in [1.82, 2.24) is 5.32 Å². The van der Waals surface area contributed by atoms with Crippen molar-refractivity contribution in [2.45, 2.75) is 13.0 Å². The number of ether oxygens (including phenoxy) is 1. The number of hydrogen-bond acceptors (Lipinski definition) is 3. The second-order valence-corrected chi connectivity index (χ2v) is 4.43. The molecule has 0 bridgehead atoms. The summed E-state index contributed by atoms with van der Waals surface area (Å²) < 4.78 is 5.40. The molecular formula is C12H17ClN2O. The van der Waals surface area contributed by atoms with Gasteiger partial charge < -0.3 is 15.4 Å². The van der Waals surface area contributed by atoms with Crippen LogP contribution in [-0.4, -0.2) is 32.3 Å². The van der Waals surface area contributed by atoms with Gasteiger partial charge in [0.25, 0.3) is 0 Å². The van der Waals surface area contributed by atoms with E-state index in [-0.39, 0.29) is 0 Å². The number of benzene rings is 1. The molecule has 1 atom stereocenters. The van der Waals surface area contributed by atoms with Crippen LogP contribution in [0.2, 0.25) is 5.02 Å². The third-order valence-electron chi connectivity index (χ3n) is 2.81. The second-order valence-electron chi connectivity index (χ2n) is 4.02. The van der Waals surface area contributed by atoms with E-state index >= 15 is 0 Å². The zero-order valence-electron chi connectivity index (χ0n) is 9.42. The molecule has 1 saturated heterocycles. The molecule has 88 valence electrons. The molecule has 0 aromatic heterocycles. The van der Waals surface area contributed by atoms with E-state index in [1.807, 2.05) is 25.1 Å². The van der Waals surface area contributed by atoms with Gasteiger partial charge in [-0.05, 0) is 24.6 Å². The van der Waals surface area contributed by atoms with Gasteiger partial charge in [-0.25, -0.2) is 0 Å². The Labute approximate surface area is 101 Å². The van der Waals surface area contributed by atoms with Crippen molar-refractivity contribution in [2.24, 2.45) is 0 Å². The fourth-order valence-electron chi connectivity index (χ4n) is 1.78. The van der Waals surface area contributed by atoms with Gasteiger partial charge in [-0.3, -0.25) is 0 Å². The molecule has 3 nitrogen and oxygen atoms in total. The molecule has 1 heterocycles. The van der Waals surface area contributed by atoms with Crippen molar-refractivity contribution >= 4 is 17.3 Å². The minimum Gasteiger partial charge on any atom is -0.383 e. The molecule has 1 fully saturated rings. The number of rotatable bonds is 3. The molecule has 0 amide bonds. The van der Waals surface area contributed by atoms with Gasteiger partial charge >= 0.3 is 0 Å². The topological polar surface area (TPSA) is 33.3 Å². The van der Waals surface area contributed by atoms with E-state index in [2.05, 4.69) is 10.6 Å². The number of nitrogens with one attached hydrogen (secondary N) is 2. The molecule has 4 heteroatoms. The van der Waals surface area contributed by atoms with Gasteiger partial charge in [0.2, 0.25) is 0 Å². The largest absolute Gasteiger partial charge is 0.383 e. The lowest BCUT2D eigenvalue weighted by molar-refractivity contribution is 0.0806. The fraction of sp³-hybridized carbons (Fsp3) is 0.500. The lowest BCUT2D eigenvalue weighted by atomic mass is 10.2. The van der Waals surface area contributed by atoms with Gasteiger partial charge in [0.15, 0.2) is 0 Å². The van der Waals surface area contributed by atoms with E-state index in [4.69, 9.17) is 16.3 Å². The van der Waals surface area contributed by atoms with E-state index < -0.39 is 0 Å². The molecule has 1 unspecified atom stereocenters. The average Bonchev–Trinajstić information content (AvgIpc) is 2.32. The van der Waals surface area contributed by atoms with Crippen LogP contribution in [-0.2, 0) is 4.74 Å². The number of anilines is 1. The first kappa shape index (κ1) is 11.7. The average molecular weight is 241 g/mol. The van der Waals surface area contributed by atoms with Gasteiger partial charge in [-0.15, -0.1) is 0 Å². The van der Waals surface area contributed by atoms with Crippen molar-refractivity contribution in [3.8, 4) is 0 Å². The van der Waals surface area contributed by atoms with Crippen LogP contribution >= 0.6 is 11.6 Å². The first-order chi connectivity index (χ1) is 7.77. The van der Waals surface area contributed by atoms with Crippen molar-refractivity contribution in [3.05, 3.63) is 28.8 Å². The Morgan fingerprint density at radius 2 is 2.44 bits per heavy atom. The summed E-state index contributed by atoms with van der Waals surface area (Å²) in [5, 5.41) is 7.60. The predicted octanol–water partition coefficient (Wildman–Crippen LogP) is 2.05. The lowest BCUT2D eigenvalue weighted by Gasteiger charge is -2.24. The zero-order valence-corrected chi connectivity index (χ0v) is 10.2. The number of morpholine rings is 1. The summed E-state index contributed by atoms with van der Waals surface area (Å²) >= 11 is 6.06. The van der Waals surface area contributed by atoms with E-state index in [9.17, 15) is 0 Å². The van der Waals surface area contributed by atoms with Crippen LogP contribution in [0, 0.1) is 6.92 Å². The van der Waals surface area contributed by atoms with Crippen LogP contribution in [0.15, 0.2) is 18.2 Å². The van der Waals surface area contributed by atoms with Gasteiger partial charge in [-0.2, -0.15) is 0 Å². The molecule has 0 radical (unpaired) electrons. The van der Waals surface area contributed by atoms with Crippen molar-refractivity contribution in [2.75, 3.05) is 31.6 Å². The third kappa shape index (κ3) is 2.88. The Hall–Kier alpha value is -0.770. The maximum Gasteiger partial charge on any atom is 0.0637 e. The van der Waals surface area contributed by atoms with E-state index in [0.717, 1.165) is 42.6 Å². The SMILES string of the molecule is Cc1c(Cl)cccc1NCC1COCCN1. The normalized spacial score (nSPS) is 20.8. The van der Waals surface area contributed by atoms with Crippen LogP contribution in [0.25, 0.3) is 0 Å². The highest BCUT2D eigenvalue weighted by Gasteiger charge is 2.12. The van der Waals surface area contributed by atoms with Crippen LogP contribution in [0.5, 0.6) is 0 Å². The predicted molar refractivity (Wildman–Crippen MR) is 67.3 cm³/mol. The van der Waals surface area contributed by atoms with Crippen LogP contribution < -0.4 is 10.6 Å². The molecule has 1 aliphatic rings. The molecule has 0 spiro atoms. The molecule has 2 rings (SSSR count). The Balaban J connectivity index is 1.91. The number of hydrogen-bond donors (Lipinski definition) is 2. The maximum atomic E-state index is 6.06. The summed E-state index contributed by atoms with van der Waals surface area (Å²) in [5.74, 6) is 0. The van der Waals surface area contributed by atoms with Gasteiger partial charge in [0.05, 0.1) is 13.2 Å². The monoisotopic (exact) mass is 240 g/mol. The Morgan fingerprint density at radius 1 is 1.56 bits per heavy atom. The fourth-order valence-corrected chi connectivity index (χ4v) is 1.96. The minimum atomic E-state index is 0.382. The van der Waals surface area contributed by atoms with E-state index in [1.54, 1.807) is 0 Å². The highest BCUT2D eigenvalue weighted by molar-refractivity contribution is 6.31. The lowest BCUT2D eigenvalue weighted by Crippen LogP contribution is -2.45. The smallest absolute Gasteiger partial charge is 0.0637 e. The minimum absolute atomic E-state index is 0.382. The van der Waals surface area contributed by atoms with Gasteiger partial charge in [0.1, 0.15) is 0 Å². The summed E-state index contributed by atoms with van der Waals surface area (Å²) in [6, 6.07) is 6.30. The summed E-state index contributed by atoms with van der Waals surface area (Å²) in [6.07, 6.45) is 0. The number of halogens is 1. The van der Waals surface area contributed by atoms with E-state index in [0.29, 0.717) is 6.04 Å². The van der Waals surface area contributed by atoms with Crippen LogP contribution in [0.1, 0.15) is 5.56 Å². The highest BCUT2D eigenvalue weighted by atomic mass is 35.5.